The molecule has 2 aromatic heterocycles. The molecule has 0 unspecified atom stereocenters. The number of aryl methyl sites for hydroxylation is 1. The molecule has 0 amide bonds. The Labute approximate surface area is 110 Å². The first-order valence-corrected chi connectivity index (χ1v) is 6.90. The number of nitrogens with zero attached hydrogens (tertiary/aromatic N) is 3. The first-order valence-electron chi connectivity index (χ1n) is 5.42. The van der Waals surface area contributed by atoms with E-state index in [-0.39, 0.29) is 17.1 Å². The highest BCUT2D eigenvalue weighted by atomic mass is 32.2. The molecule has 19 heavy (non-hydrogen) atoms. The molecule has 102 valence electrons. The predicted molar refractivity (Wildman–Crippen MR) is 69.3 cm³/mol. The van der Waals surface area contributed by atoms with E-state index in [1.165, 1.54) is 18.5 Å². The maximum Gasteiger partial charge on any atom is 0.244 e. The highest BCUT2D eigenvalue weighted by molar-refractivity contribution is 7.89. The van der Waals surface area contributed by atoms with Crippen molar-refractivity contribution in [1.29, 1.82) is 0 Å². The molecule has 0 radical (unpaired) electrons. The van der Waals surface area contributed by atoms with E-state index < -0.39 is 10.0 Å². The van der Waals surface area contributed by atoms with Crippen LogP contribution in [0.15, 0.2) is 35.6 Å². The summed E-state index contributed by atoms with van der Waals surface area (Å²) in [4.78, 5) is 3.79. The van der Waals surface area contributed by atoms with Crippen molar-refractivity contribution in [1.82, 2.24) is 19.5 Å². The zero-order valence-corrected chi connectivity index (χ0v) is 11.1. The second-order valence-corrected chi connectivity index (χ2v) is 5.52. The van der Waals surface area contributed by atoms with Crippen molar-refractivity contribution >= 4 is 15.7 Å². The fourth-order valence-corrected chi connectivity index (χ4v) is 2.64. The van der Waals surface area contributed by atoms with Gasteiger partial charge in [0.25, 0.3) is 0 Å². The normalized spacial score (nSPS) is 11.5. The third-order valence-corrected chi connectivity index (χ3v) is 4.02. The number of hydrogen-bond donors (Lipinski definition) is 3. The largest absolute Gasteiger partial charge is 0.323 e. The molecule has 9 heteroatoms. The van der Waals surface area contributed by atoms with Gasteiger partial charge in [0.1, 0.15) is 4.90 Å². The molecular formula is C10H14N6O2S. The van der Waals surface area contributed by atoms with Gasteiger partial charge in [-0.15, -0.1) is 0 Å². The van der Waals surface area contributed by atoms with Gasteiger partial charge in [-0.25, -0.2) is 13.1 Å². The molecule has 0 aliphatic heterocycles. The van der Waals surface area contributed by atoms with Crippen LogP contribution in [0.4, 0.5) is 5.69 Å². The molecule has 8 nitrogen and oxygen atoms in total. The van der Waals surface area contributed by atoms with Gasteiger partial charge in [0.15, 0.2) is 0 Å². The number of anilines is 1. The summed E-state index contributed by atoms with van der Waals surface area (Å²) >= 11 is 0. The number of rotatable bonds is 5. The van der Waals surface area contributed by atoms with Crippen LogP contribution in [0.3, 0.4) is 0 Å². The van der Waals surface area contributed by atoms with Crippen molar-refractivity contribution in [2.75, 3.05) is 5.43 Å². The standard InChI is InChI=1S/C10H14N6O2S/c1-16-8(2-5-13-16)6-14-19(17,18)10-7-12-4-3-9(10)15-11/h2-5,7,14H,6,11H2,1H3,(H,12,15). The van der Waals surface area contributed by atoms with E-state index in [9.17, 15) is 8.42 Å². The topological polar surface area (TPSA) is 115 Å². The van der Waals surface area contributed by atoms with Crippen molar-refractivity contribution in [2.45, 2.75) is 11.4 Å². The summed E-state index contributed by atoms with van der Waals surface area (Å²) in [5.74, 6) is 5.28. The number of nitrogens with one attached hydrogen (secondary N) is 2. The zero-order valence-electron chi connectivity index (χ0n) is 10.2. The maximum absolute atomic E-state index is 12.1. The molecule has 2 aromatic rings. The maximum atomic E-state index is 12.1. The Balaban J connectivity index is 2.21. The fraction of sp³-hybridized carbons (Fsp3) is 0.200. The summed E-state index contributed by atoms with van der Waals surface area (Å²) in [6.45, 7) is 0.137. The number of sulfonamides is 1. The Hall–Kier alpha value is -1.97. The second kappa shape index (κ2) is 5.34. The molecule has 0 aromatic carbocycles. The number of pyridine rings is 1. The molecule has 0 aliphatic rings. The van der Waals surface area contributed by atoms with E-state index in [0.717, 1.165) is 5.69 Å². The van der Waals surface area contributed by atoms with Gasteiger partial charge in [0, 0.05) is 25.6 Å². The lowest BCUT2D eigenvalue weighted by atomic mass is 10.4. The lowest BCUT2D eigenvalue weighted by Crippen LogP contribution is -2.26. The van der Waals surface area contributed by atoms with Gasteiger partial charge >= 0.3 is 0 Å². The van der Waals surface area contributed by atoms with Crippen LogP contribution in [-0.4, -0.2) is 23.2 Å². The fourth-order valence-electron chi connectivity index (χ4n) is 1.53. The minimum Gasteiger partial charge on any atom is -0.323 e. The van der Waals surface area contributed by atoms with E-state index >= 15 is 0 Å². The highest BCUT2D eigenvalue weighted by Gasteiger charge is 2.18. The average molecular weight is 282 g/mol. The van der Waals surface area contributed by atoms with Gasteiger partial charge in [-0.3, -0.25) is 15.5 Å². The molecular weight excluding hydrogens is 268 g/mol. The molecule has 4 N–H and O–H groups in total. The summed E-state index contributed by atoms with van der Waals surface area (Å²) in [6, 6.07) is 3.21. The third kappa shape index (κ3) is 2.89. The number of hydrogen-bond acceptors (Lipinski definition) is 6. The number of hydrazine groups is 1. The van der Waals surface area contributed by atoms with E-state index in [1.807, 2.05) is 0 Å². The Morgan fingerprint density at radius 3 is 2.79 bits per heavy atom. The molecule has 2 rings (SSSR count). The number of nitrogens with two attached hydrogens (primary N) is 1. The average Bonchev–Trinajstić information content (AvgIpc) is 2.82. The Morgan fingerprint density at radius 1 is 1.37 bits per heavy atom. The SMILES string of the molecule is Cn1nccc1CNS(=O)(=O)c1cnccc1NN. The number of aromatic nitrogens is 3. The molecule has 0 aliphatic carbocycles. The molecule has 2 heterocycles. The van der Waals surface area contributed by atoms with Crippen LogP contribution in [0.1, 0.15) is 5.69 Å². The zero-order chi connectivity index (χ0) is 13.9. The smallest absolute Gasteiger partial charge is 0.244 e. The van der Waals surface area contributed by atoms with Crippen LogP contribution >= 0.6 is 0 Å². The predicted octanol–water partition coefficient (Wildman–Crippen LogP) is -0.421. The van der Waals surface area contributed by atoms with Crippen molar-refractivity contribution in [3.05, 3.63) is 36.4 Å². The lowest BCUT2D eigenvalue weighted by Gasteiger charge is -2.10. The summed E-state index contributed by atoms with van der Waals surface area (Å²) in [5.41, 5.74) is 3.36. The van der Waals surface area contributed by atoms with Gasteiger partial charge in [-0.05, 0) is 12.1 Å². The monoisotopic (exact) mass is 282 g/mol. The molecule has 0 saturated heterocycles. The van der Waals surface area contributed by atoms with Crippen LogP contribution in [0.2, 0.25) is 0 Å². The second-order valence-electron chi connectivity index (χ2n) is 3.79. The van der Waals surface area contributed by atoms with Gasteiger partial charge in [0.2, 0.25) is 10.0 Å². The van der Waals surface area contributed by atoms with E-state index in [4.69, 9.17) is 5.84 Å². The minimum absolute atomic E-state index is 0.000307. The van der Waals surface area contributed by atoms with Gasteiger partial charge in [0.05, 0.1) is 17.9 Å². The molecule has 0 spiro atoms. The van der Waals surface area contributed by atoms with E-state index in [1.54, 1.807) is 24.0 Å². The van der Waals surface area contributed by atoms with Crippen molar-refractivity contribution < 1.29 is 8.42 Å². The van der Waals surface area contributed by atoms with Crippen molar-refractivity contribution in [3.8, 4) is 0 Å². The molecule has 0 atom stereocenters. The minimum atomic E-state index is -3.69. The van der Waals surface area contributed by atoms with Crippen LogP contribution in [0, 0.1) is 0 Å². The van der Waals surface area contributed by atoms with Gasteiger partial charge < -0.3 is 5.43 Å². The molecule has 0 saturated carbocycles. The Morgan fingerprint density at radius 2 is 2.16 bits per heavy atom. The van der Waals surface area contributed by atoms with Crippen molar-refractivity contribution in [2.24, 2.45) is 12.9 Å². The molecule has 0 bridgehead atoms. The summed E-state index contributed by atoms with van der Waals surface area (Å²) in [6.07, 6.45) is 4.29. The molecule has 0 fully saturated rings. The van der Waals surface area contributed by atoms with Gasteiger partial charge in [-0.2, -0.15) is 5.10 Å². The van der Waals surface area contributed by atoms with E-state index in [0.29, 0.717) is 0 Å². The first-order chi connectivity index (χ1) is 9.04. The summed E-state index contributed by atoms with van der Waals surface area (Å²) < 4.78 is 28.3. The lowest BCUT2D eigenvalue weighted by molar-refractivity contribution is 0.577. The van der Waals surface area contributed by atoms with Crippen LogP contribution < -0.4 is 16.0 Å². The van der Waals surface area contributed by atoms with Gasteiger partial charge in [-0.1, -0.05) is 0 Å². The summed E-state index contributed by atoms with van der Waals surface area (Å²) in [7, 11) is -1.96. The van der Waals surface area contributed by atoms with Crippen LogP contribution in [0.5, 0.6) is 0 Å². The van der Waals surface area contributed by atoms with Crippen molar-refractivity contribution in [3.63, 3.8) is 0 Å². The van der Waals surface area contributed by atoms with E-state index in [2.05, 4.69) is 20.2 Å². The Bertz CT molecular complexity index is 666. The number of nitrogen functional groups attached to an aromatic ring is 1. The Kier molecular flexibility index (Phi) is 3.79. The third-order valence-electron chi connectivity index (χ3n) is 2.60. The van der Waals surface area contributed by atoms with Crippen LogP contribution in [-0.2, 0) is 23.6 Å². The first kappa shape index (κ1) is 13.5. The highest BCUT2D eigenvalue weighted by Crippen LogP contribution is 2.18. The quantitative estimate of drug-likeness (QED) is 0.507. The summed E-state index contributed by atoms with van der Waals surface area (Å²) in [5, 5.41) is 3.96. The van der Waals surface area contributed by atoms with Crippen LogP contribution in [0.25, 0.3) is 0 Å².